The number of carbonyl (C=O) groups excluding carboxylic acids is 3. The van der Waals surface area contributed by atoms with E-state index in [-0.39, 0.29) is 30.2 Å². The average Bonchev–Trinajstić information content (AvgIpc) is 2.62. The first-order chi connectivity index (χ1) is 12.5. The molecule has 0 radical (unpaired) electrons. The van der Waals surface area contributed by atoms with Crippen molar-refractivity contribution in [3.63, 3.8) is 0 Å². The Morgan fingerprint density at radius 2 is 1.81 bits per heavy atom. The molecule has 1 unspecified atom stereocenters. The number of nitrogens with zero attached hydrogens (tertiary/aromatic N) is 2. The summed E-state index contributed by atoms with van der Waals surface area (Å²) in [5, 5.41) is 2.91. The summed E-state index contributed by atoms with van der Waals surface area (Å²) in [6, 6.07) is 7.32. The normalized spacial score (nSPS) is 19.4. The number of likely N-dealkylation sites (tertiary alicyclic amines) is 1. The molecule has 1 atom stereocenters. The number of amides is 3. The van der Waals surface area contributed by atoms with Crippen LogP contribution in [0.1, 0.15) is 51.9 Å². The fourth-order valence-corrected chi connectivity index (χ4v) is 3.71. The predicted octanol–water partition coefficient (Wildman–Crippen LogP) is 2.93. The lowest BCUT2D eigenvalue weighted by atomic mass is 10.1. The summed E-state index contributed by atoms with van der Waals surface area (Å²) in [7, 11) is 0. The van der Waals surface area contributed by atoms with Crippen LogP contribution in [-0.4, -0.2) is 41.8 Å². The first-order valence-electron chi connectivity index (χ1n) is 9.54. The maximum Gasteiger partial charge on any atom is 0.226 e. The molecule has 1 aromatic carbocycles. The highest BCUT2D eigenvalue weighted by Gasteiger charge is 2.25. The molecule has 26 heavy (non-hydrogen) atoms. The van der Waals surface area contributed by atoms with Crippen LogP contribution in [0.5, 0.6) is 0 Å². The second-order valence-corrected chi connectivity index (χ2v) is 7.20. The summed E-state index contributed by atoms with van der Waals surface area (Å²) in [6.07, 6.45) is 5.33. The Hall–Kier alpha value is -2.37. The van der Waals surface area contributed by atoms with E-state index < -0.39 is 0 Å². The van der Waals surface area contributed by atoms with Crippen LogP contribution in [-0.2, 0) is 14.4 Å². The highest BCUT2D eigenvalue weighted by atomic mass is 16.2. The third-order valence-corrected chi connectivity index (χ3v) is 5.14. The minimum Gasteiger partial charge on any atom is -0.339 e. The predicted molar refractivity (Wildman–Crippen MR) is 101 cm³/mol. The first kappa shape index (κ1) is 18.4. The van der Waals surface area contributed by atoms with Crippen molar-refractivity contribution in [3.05, 3.63) is 24.3 Å². The van der Waals surface area contributed by atoms with E-state index in [0.29, 0.717) is 18.5 Å². The van der Waals surface area contributed by atoms with Gasteiger partial charge in [-0.25, -0.2) is 0 Å². The molecular formula is C20H27N3O3. The van der Waals surface area contributed by atoms with E-state index in [1.54, 1.807) is 4.90 Å². The first-order valence-corrected chi connectivity index (χ1v) is 9.54. The third kappa shape index (κ3) is 4.42. The molecule has 1 N–H and O–H groups in total. The van der Waals surface area contributed by atoms with Crippen LogP contribution in [0.15, 0.2) is 24.3 Å². The lowest BCUT2D eigenvalue weighted by Gasteiger charge is -2.32. The highest BCUT2D eigenvalue weighted by Crippen LogP contribution is 2.24. The molecule has 0 bridgehead atoms. The van der Waals surface area contributed by atoms with Gasteiger partial charge < -0.3 is 15.1 Å². The molecule has 6 nitrogen and oxygen atoms in total. The van der Waals surface area contributed by atoms with Crippen molar-refractivity contribution in [1.29, 1.82) is 0 Å². The van der Waals surface area contributed by atoms with Crippen molar-refractivity contribution in [3.8, 4) is 0 Å². The highest BCUT2D eigenvalue weighted by molar-refractivity contribution is 5.96. The number of hydrogen-bond donors (Lipinski definition) is 1. The summed E-state index contributed by atoms with van der Waals surface area (Å²) < 4.78 is 0. The maximum atomic E-state index is 12.4. The lowest BCUT2D eigenvalue weighted by molar-refractivity contribution is -0.136. The molecular weight excluding hydrogens is 330 g/mol. The molecule has 2 fully saturated rings. The van der Waals surface area contributed by atoms with Crippen LogP contribution in [0, 0.1) is 0 Å². The van der Waals surface area contributed by atoms with E-state index in [9.17, 15) is 14.4 Å². The van der Waals surface area contributed by atoms with Crippen LogP contribution < -0.4 is 10.2 Å². The molecule has 3 rings (SSSR count). The van der Waals surface area contributed by atoms with Gasteiger partial charge in [0.25, 0.3) is 0 Å². The molecule has 6 heteroatoms. The Labute approximate surface area is 154 Å². The molecule has 140 valence electrons. The van der Waals surface area contributed by atoms with Gasteiger partial charge in [0, 0.05) is 49.8 Å². The third-order valence-electron chi connectivity index (χ3n) is 5.14. The number of anilines is 2. The quantitative estimate of drug-likeness (QED) is 0.881. The number of hydrogen-bond acceptors (Lipinski definition) is 3. The van der Waals surface area contributed by atoms with Crippen LogP contribution in [0.25, 0.3) is 0 Å². The molecule has 0 aliphatic carbocycles. The van der Waals surface area contributed by atoms with Crippen LogP contribution >= 0.6 is 0 Å². The summed E-state index contributed by atoms with van der Waals surface area (Å²) >= 11 is 0. The Balaban J connectivity index is 1.59. The van der Waals surface area contributed by atoms with Gasteiger partial charge in [-0.2, -0.15) is 0 Å². The van der Waals surface area contributed by atoms with Crippen LogP contribution in [0.4, 0.5) is 11.4 Å². The zero-order chi connectivity index (χ0) is 18.5. The average molecular weight is 357 g/mol. The van der Waals surface area contributed by atoms with Gasteiger partial charge in [0.05, 0.1) is 0 Å². The minimum absolute atomic E-state index is 0.102. The van der Waals surface area contributed by atoms with Gasteiger partial charge in [-0.15, -0.1) is 0 Å². The number of nitrogens with one attached hydrogen (secondary N) is 1. The molecule has 0 aromatic heterocycles. The molecule has 1 aromatic rings. The largest absolute Gasteiger partial charge is 0.339 e. The second-order valence-electron chi connectivity index (χ2n) is 7.20. The van der Waals surface area contributed by atoms with Crippen molar-refractivity contribution in [2.45, 2.75) is 57.9 Å². The lowest BCUT2D eigenvalue weighted by Crippen LogP contribution is -2.43. The number of rotatable bonds is 5. The van der Waals surface area contributed by atoms with E-state index in [2.05, 4.69) is 5.32 Å². The van der Waals surface area contributed by atoms with Gasteiger partial charge in [-0.1, -0.05) is 6.07 Å². The van der Waals surface area contributed by atoms with Gasteiger partial charge in [0.1, 0.15) is 0 Å². The van der Waals surface area contributed by atoms with Crippen molar-refractivity contribution in [1.82, 2.24) is 4.90 Å². The Bertz CT molecular complexity index is 689. The summed E-state index contributed by atoms with van der Waals surface area (Å²) in [6.45, 7) is 3.38. The van der Waals surface area contributed by atoms with Crippen molar-refractivity contribution >= 4 is 29.1 Å². The molecule has 2 saturated heterocycles. The maximum absolute atomic E-state index is 12.4. The van der Waals surface area contributed by atoms with E-state index in [1.807, 2.05) is 36.1 Å². The van der Waals surface area contributed by atoms with Gasteiger partial charge in [0.2, 0.25) is 17.7 Å². The fraction of sp³-hybridized carbons (Fsp3) is 0.550. The molecule has 2 aliphatic heterocycles. The number of piperidine rings is 2. The smallest absolute Gasteiger partial charge is 0.226 e. The number of benzene rings is 1. The SMILES string of the molecule is CC(CC(=O)Nc1cccc(N2CCCCC2=O)c1)N1CCCCC1=O. The van der Waals surface area contributed by atoms with Crippen LogP contribution in [0.3, 0.4) is 0 Å². The summed E-state index contributed by atoms with van der Waals surface area (Å²) in [5.74, 6) is 0.164. The topological polar surface area (TPSA) is 69.7 Å². The minimum atomic E-state index is -0.113. The van der Waals surface area contributed by atoms with Gasteiger partial charge in [-0.3, -0.25) is 14.4 Å². The molecule has 2 aliphatic rings. The fourth-order valence-electron chi connectivity index (χ4n) is 3.71. The molecule has 2 heterocycles. The van der Waals surface area contributed by atoms with Crippen LogP contribution in [0.2, 0.25) is 0 Å². The van der Waals surface area contributed by atoms with Crippen molar-refractivity contribution in [2.75, 3.05) is 23.3 Å². The summed E-state index contributed by atoms with van der Waals surface area (Å²) in [5.41, 5.74) is 1.51. The van der Waals surface area contributed by atoms with E-state index >= 15 is 0 Å². The zero-order valence-electron chi connectivity index (χ0n) is 15.4. The van der Waals surface area contributed by atoms with Crippen molar-refractivity contribution < 1.29 is 14.4 Å². The number of carbonyl (C=O) groups is 3. The van der Waals surface area contributed by atoms with Gasteiger partial charge in [0.15, 0.2) is 0 Å². The monoisotopic (exact) mass is 357 g/mol. The molecule has 0 saturated carbocycles. The van der Waals surface area contributed by atoms with E-state index in [1.165, 1.54) is 0 Å². The van der Waals surface area contributed by atoms with E-state index in [4.69, 9.17) is 0 Å². The molecule has 0 spiro atoms. The second kappa shape index (κ2) is 8.34. The summed E-state index contributed by atoms with van der Waals surface area (Å²) in [4.78, 5) is 40.1. The van der Waals surface area contributed by atoms with Gasteiger partial charge in [-0.05, 0) is 50.8 Å². The Morgan fingerprint density at radius 3 is 2.54 bits per heavy atom. The van der Waals surface area contributed by atoms with E-state index in [0.717, 1.165) is 44.5 Å². The Morgan fingerprint density at radius 1 is 1.08 bits per heavy atom. The molecule has 3 amide bonds. The van der Waals surface area contributed by atoms with Gasteiger partial charge >= 0.3 is 0 Å². The van der Waals surface area contributed by atoms with Crippen molar-refractivity contribution in [2.24, 2.45) is 0 Å². The Kier molecular flexibility index (Phi) is 5.91. The standard InChI is InChI=1S/C20H27N3O3/c1-15(22-11-4-2-9-19(22)25)13-18(24)21-16-7-6-8-17(14-16)23-12-5-3-10-20(23)26/h6-8,14-15H,2-5,9-13H2,1H3,(H,21,24). The zero-order valence-corrected chi connectivity index (χ0v) is 15.4.